The molecule has 0 amide bonds. The molecule has 0 saturated carbocycles. The first-order valence-electron chi connectivity index (χ1n) is 7.14. The molecule has 0 aromatic heterocycles. The first-order chi connectivity index (χ1) is 9.74. The number of nitrogens with zero attached hydrogens (tertiary/aromatic N) is 3. The summed E-state index contributed by atoms with van der Waals surface area (Å²) in [5.41, 5.74) is 1.22. The molecular formula is C15H27N3O2S. The molecule has 0 radical (unpaired) electrons. The number of benzene rings is 1. The van der Waals surface area contributed by atoms with E-state index in [-0.39, 0.29) is 7.43 Å². The van der Waals surface area contributed by atoms with E-state index in [0.29, 0.717) is 0 Å². The van der Waals surface area contributed by atoms with Crippen molar-refractivity contribution in [3.8, 4) is 0 Å². The summed E-state index contributed by atoms with van der Waals surface area (Å²) in [6.45, 7) is 8.72. The predicted molar refractivity (Wildman–Crippen MR) is 89.1 cm³/mol. The normalized spacial score (nSPS) is 17.6. The molecule has 1 unspecified atom stereocenters. The standard InChI is InChI=1S/C14H23N3O2S.CH4/c1-3-16(4-2)19-20(18)17-12-10-15(11-13-17)14-8-6-5-7-9-14;/h5-9H,3-4,10-13H2,1-2H3;1H4. The Balaban J connectivity index is 0.00000220. The monoisotopic (exact) mass is 313 g/mol. The number of anilines is 1. The van der Waals surface area contributed by atoms with E-state index < -0.39 is 11.3 Å². The van der Waals surface area contributed by atoms with Crippen LogP contribution in [-0.2, 0) is 15.6 Å². The van der Waals surface area contributed by atoms with Gasteiger partial charge in [-0.25, -0.2) is 4.21 Å². The van der Waals surface area contributed by atoms with E-state index in [1.165, 1.54) is 5.69 Å². The van der Waals surface area contributed by atoms with Gasteiger partial charge in [0.25, 0.3) is 11.3 Å². The second-order valence-corrected chi connectivity index (χ2v) is 5.76. The molecule has 1 fully saturated rings. The molecule has 1 saturated heterocycles. The van der Waals surface area contributed by atoms with Gasteiger partial charge in [0.05, 0.1) is 0 Å². The number of rotatable bonds is 6. The van der Waals surface area contributed by atoms with E-state index in [0.717, 1.165) is 39.3 Å². The van der Waals surface area contributed by atoms with Crippen LogP contribution in [0, 0.1) is 0 Å². The minimum Gasteiger partial charge on any atom is -0.369 e. The summed E-state index contributed by atoms with van der Waals surface area (Å²) in [5, 5.41) is 1.72. The first-order valence-corrected chi connectivity index (χ1v) is 8.18. The fourth-order valence-corrected chi connectivity index (χ4v) is 3.15. The third-order valence-electron chi connectivity index (χ3n) is 3.45. The van der Waals surface area contributed by atoms with Gasteiger partial charge in [0.15, 0.2) is 0 Å². The Morgan fingerprint density at radius 1 is 1.10 bits per heavy atom. The summed E-state index contributed by atoms with van der Waals surface area (Å²) in [4.78, 5) is 2.31. The summed E-state index contributed by atoms with van der Waals surface area (Å²) in [6.07, 6.45) is 0. The Hall–Kier alpha value is -0.950. The van der Waals surface area contributed by atoms with Gasteiger partial charge < -0.3 is 4.90 Å². The fourth-order valence-electron chi connectivity index (χ4n) is 2.20. The molecule has 1 aliphatic heterocycles. The Labute approximate surface area is 131 Å². The van der Waals surface area contributed by atoms with E-state index in [2.05, 4.69) is 17.0 Å². The average Bonchev–Trinajstić information content (AvgIpc) is 2.53. The largest absolute Gasteiger partial charge is 0.369 e. The van der Waals surface area contributed by atoms with Crippen LogP contribution >= 0.6 is 0 Å². The SMILES string of the molecule is C.CCN(CC)OS(=O)N1CCN(c2ccccc2)CC1. The van der Waals surface area contributed by atoms with Crippen LogP contribution in [-0.4, -0.2) is 52.8 Å². The van der Waals surface area contributed by atoms with Gasteiger partial charge in [0.1, 0.15) is 0 Å². The summed E-state index contributed by atoms with van der Waals surface area (Å²) in [6, 6.07) is 10.3. The average molecular weight is 313 g/mol. The zero-order valence-electron chi connectivity index (χ0n) is 12.2. The maximum Gasteiger partial charge on any atom is 0.255 e. The second kappa shape index (κ2) is 9.15. The lowest BCUT2D eigenvalue weighted by atomic mass is 10.2. The molecule has 1 aromatic carbocycles. The molecule has 5 nitrogen and oxygen atoms in total. The third kappa shape index (κ3) is 5.07. The minimum absolute atomic E-state index is 0. The highest BCUT2D eigenvalue weighted by molar-refractivity contribution is 7.77. The minimum atomic E-state index is -1.38. The zero-order valence-corrected chi connectivity index (χ0v) is 13.0. The van der Waals surface area contributed by atoms with Gasteiger partial charge in [-0.3, -0.25) is 0 Å². The van der Waals surface area contributed by atoms with Crippen LogP contribution in [0.2, 0.25) is 0 Å². The molecule has 0 bridgehead atoms. The number of piperazine rings is 1. The first kappa shape index (κ1) is 18.1. The van der Waals surface area contributed by atoms with Gasteiger partial charge >= 0.3 is 0 Å². The van der Waals surface area contributed by atoms with Crippen molar-refractivity contribution in [2.75, 3.05) is 44.2 Å². The van der Waals surface area contributed by atoms with Gasteiger partial charge in [-0.1, -0.05) is 39.5 Å². The topological polar surface area (TPSA) is 36.0 Å². The number of hydrogen-bond donors (Lipinski definition) is 0. The van der Waals surface area contributed by atoms with E-state index in [9.17, 15) is 4.21 Å². The van der Waals surface area contributed by atoms with Crippen LogP contribution in [0.4, 0.5) is 5.69 Å². The molecule has 21 heavy (non-hydrogen) atoms. The maximum absolute atomic E-state index is 12.1. The number of hydrogen-bond acceptors (Lipinski definition) is 4. The molecule has 120 valence electrons. The molecule has 0 spiro atoms. The molecule has 6 heteroatoms. The van der Waals surface area contributed by atoms with Gasteiger partial charge in [-0.2, -0.15) is 13.7 Å². The number of hydroxylamine groups is 2. The molecule has 1 aromatic rings. The zero-order chi connectivity index (χ0) is 14.4. The second-order valence-electron chi connectivity index (χ2n) is 4.66. The lowest BCUT2D eigenvalue weighted by Gasteiger charge is -2.35. The highest BCUT2D eigenvalue weighted by atomic mass is 32.2. The molecule has 1 heterocycles. The van der Waals surface area contributed by atoms with E-state index in [4.69, 9.17) is 4.28 Å². The van der Waals surface area contributed by atoms with Gasteiger partial charge in [0.2, 0.25) is 0 Å². The van der Waals surface area contributed by atoms with Crippen LogP contribution in [0.25, 0.3) is 0 Å². The highest BCUT2D eigenvalue weighted by Crippen LogP contribution is 2.16. The Bertz CT molecular complexity index is 418. The van der Waals surface area contributed by atoms with Crippen LogP contribution in [0.1, 0.15) is 21.3 Å². The van der Waals surface area contributed by atoms with Gasteiger partial charge in [-0.05, 0) is 12.1 Å². The Kier molecular flexibility index (Phi) is 7.88. The number of para-hydroxylation sites is 1. The van der Waals surface area contributed by atoms with E-state index in [1.807, 2.05) is 36.4 Å². The third-order valence-corrected chi connectivity index (χ3v) is 4.57. The maximum atomic E-state index is 12.1. The Morgan fingerprint density at radius 3 is 2.19 bits per heavy atom. The molecule has 0 aliphatic carbocycles. The van der Waals surface area contributed by atoms with Crippen LogP contribution in [0.3, 0.4) is 0 Å². The molecule has 2 rings (SSSR count). The lowest BCUT2D eigenvalue weighted by molar-refractivity contribution is -0.0407. The summed E-state index contributed by atoms with van der Waals surface area (Å²) in [5.74, 6) is 0. The summed E-state index contributed by atoms with van der Waals surface area (Å²) >= 11 is -1.38. The van der Waals surface area contributed by atoms with E-state index >= 15 is 0 Å². The Morgan fingerprint density at radius 2 is 1.67 bits per heavy atom. The van der Waals surface area contributed by atoms with Crippen molar-refractivity contribution in [1.29, 1.82) is 0 Å². The smallest absolute Gasteiger partial charge is 0.255 e. The van der Waals surface area contributed by atoms with Crippen LogP contribution in [0.5, 0.6) is 0 Å². The van der Waals surface area contributed by atoms with Gasteiger partial charge in [0, 0.05) is 45.0 Å². The highest BCUT2D eigenvalue weighted by Gasteiger charge is 2.23. The molecule has 0 N–H and O–H groups in total. The summed E-state index contributed by atoms with van der Waals surface area (Å²) < 4.78 is 19.5. The van der Waals surface area contributed by atoms with Crippen LogP contribution < -0.4 is 4.90 Å². The quantitative estimate of drug-likeness (QED) is 0.755. The summed E-state index contributed by atoms with van der Waals surface area (Å²) in [7, 11) is 0. The van der Waals surface area contributed by atoms with Gasteiger partial charge in [-0.15, -0.1) is 0 Å². The molecular weight excluding hydrogens is 286 g/mol. The van der Waals surface area contributed by atoms with Crippen molar-refractivity contribution in [2.24, 2.45) is 0 Å². The van der Waals surface area contributed by atoms with Crippen molar-refractivity contribution in [2.45, 2.75) is 21.3 Å². The van der Waals surface area contributed by atoms with Crippen molar-refractivity contribution >= 4 is 17.0 Å². The van der Waals surface area contributed by atoms with Crippen LogP contribution in [0.15, 0.2) is 30.3 Å². The van der Waals surface area contributed by atoms with E-state index in [1.54, 1.807) is 5.06 Å². The lowest BCUT2D eigenvalue weighted by Crippen LogP contribution is -2.48. The van der Waals surface area contributed by atoms with Crippen molar-refractivity contribution in [1.82, 2.24) is 9.37 Å². The van der Waals surface area contributed by atoms with Crippen molar-refractivity contribution in [3.63, 3.8) is 0 Å². The predicted octanol–water partition coefficient (Wildman–Crippen LogP) is 2.30. The molecule has 1 aliphatic rings. The van der Waals surface area contributed by atoms with Crippen molar-refractivity contribution in [3.05, 3.63) is 30.3 Å². The molecule has 1 atom stereocenters. The van der Waals surface area contributed by atoms with Crippen molar-refractivity contribution < 1.29 is 8.49 Å². The fraction of sp³-hybridized carbons (Fsp3) is 0.600.